The number of rotatable bonds is 10. The monoisotopic (exact) mass is 518 g/mol. The second-order valence-corrected chi connectivity index (χ2v) is 11.4. The highest BCUT2D eigenvalue weighted by Gasteiger charge is 2.27. The molecule has 0 aromatic carbocycles. The van der Waals surface area contributed by atoms with Crippen LogP contribution in [0.4, 0.5) is 8.78 Å². The zero-order valence-corrected chi connectivity index (χ0v) is 22.3. The molecule has 0 N–H and O–H groups in total. The first kappa shape index (κ1) is 26.8. The molecule has 2 aliphatic rings. The van der Waals surface area contributed by atoms with Crippen LogP contribution in [-0.4, -0.2) is 51.3 Å². The summed E-state index contributed by atoms with van der Waals surface area (Å²) >= 11 is 1.40. The van der Waals surface area contributed by atoms with Crippen molar-refractivity contribution in [3.63, 3.8) is 0 Å². The van der Waals surface area contributed by atoms with Crippen molar-refractivity contribution >= 4 is 23.2 Å². The van der Waals surface area contributed by atoms with E-state index in [-0.39, 0.29) is 5.78 Å². The van der Waals surface area contributed by atoms with Crippen molar-refractivity contribution in [1.29, 1.82) is 0 Å². The van der Waals surface area contributed by atoms with E-state index < -0.39 is 12.5 Å². The Hall–Kier alpha value is -2.26. The number of alkyl halides is 2. The fourth-order valence-corrected chi connectivity index (χ4v) is 5.96. The maximum Gasteiger partial charge on any atom is 0.278 e. The summed E-state index contributed by atoms with van der Waals surface area (Å²) in [5, 5.41) is 0.355. The average Bonchev–Trinajstić information content (AvgIpc) is 3.24. The molecular weight excluding hydrogens is 482 g/mol. The summed E-state index contributed by atoms with van der Waals surface area (Å²) in [6, 6.07) is 0. The molecule has 0 bridgehead atoms. The van der Waals surface area contributed by atoms with E-state index in [0.29, 0.717) is 23.5 Å². The van der Waals surface area contributed by atoms with E-state index in [1.165, 1.54) is 24.2 Å². The topological polar surface area (TPSA) is 68.2 Å². The van der Waals surface area contributed by atoms with Crippen LogP contribution in [0, 0.1) is 25.7 Å². The number of thiazole rings is 1. The van der Waals surface area contributed by atoms with Crippen molar-refractivity contribution in [2.24, 2.45) is 11.8 Å². The molecule has 1 fully saturated rings. The molecule has 4 rings (SSSR count). The van der Waals surface area contributed by atoms with E-state index in [0.717, 1.165) is 79.9 Å². The second-order valence-electron chi connectivity index (χ2n) is 10.4. The standard InChI is InChI=1S/C27H36F2N4O2S/c1-18-22(15-30-19(2)31-18)8-9-23(34)14-21-6-4-20(5-7-21)10-12-33-13-11-25-24(16-33)32-26(36-25)35-17-27(3,28)29/h8-9,15,20-21H,4-7,10-14,16-17H2,1-3H3/b9-8+. The molecule has 0 atom stereocenters. The third-order valence-electron chi connectivity index (χ3n) is 7.13. The SMILES string of the molecule is Cc1ncc(/C=C/C(=O)CC2CCC(CCN3CCc4sc(OCC(C)(F)F)nc4C3)CC2)c(C)n1. The van der Waals surface area contributed by atoms with E-state index in [1.807, 2.05) is 19.9 Å². The Kier molecular flexibility index (Phi) is 8.83. The molecule has 0 spiro atoms. The van der Waals surface area contributed by atoms with Crippen molar-refractivity contribution < 1.29 is 18.3 Å². The normalized spacial score (nSPS) is 21.0. The number of carbonyl (C=O) groups is 1. The largest absolute Gasteiger partial charge is 0.464 e. The summed E-state index contributed by atoms with van der Waals surface area (Å²) in [4.78, 5) is 29.1. The minimum Gasteiger partial charge on any atom is -0.464 e. The van der Waals surface area contributed by atoms with Crippen LogP contribution in [0.1, 0.15) is 73.1 Å². The lowest BCUT2D eigenvalue weighted by Gasteiger charge is -2.31. The zero-order chi connectivity index (χ0) is 25.7. The van der Waals surface area contributed by atoms with Gasteiger partial charge in [-0.3, -0.25) is 9.69 Å². The van der Waals surface area contributed by atoms with Gasteiger partial charge in [-0.15, -0.1) is 0 Å². The van der Waals surface area contributed by atoms with Crippen LogP contribution in [0.5, 0.6) is 5.19 Å². The van der Waals surface area contributed by atoms with Crippen LogP contribution in [0.2, 0.25) is 0 Å². The van der Waals surface area contributed by atoms with Gasteiger partial charge in [0.2, 0.25) is 0 Å². The van der Waals surface area contributed by atoms with Gasteiger partial charge in [-0.1, -0.05) is 24.2 Å². The summed E-state index contributed by atoms with van der Waals surface area (Å²) in [5.41, 5.74) is 2.76. The van der Waals surface area contributed by atoms with Crippen LogP contribution in [-0.2, 0) is 17.8 Å². The highest BCUT2D eigenvalue weighted by molar-refractivity contribution is 7.13. The van der Waals surface area contributed by atoms with Gasteiger partial charge < -0.3 is 4.74 Å². The molecule has 2 aromatic heterocycles. The van der Waals surface area contributed by atoms with E-state index in [1.54, 1.807) is 12.3 Å². The molecule has 1 aliphatic heterocycles. The van der Waals surface area contributed by atoms with Crippen LogP contribution >= 0.6 is 11.3 Å². The second kappa shape index (κ2) is 11.9. The maximum atomic E-state index is 13.1. The lowest BCUT2D eigenvalue weighted by Crippen LogP contribution is -2.32. The van der Waals surface area contributed by atoms with Gasteiger partial charge in [-0.25, -0.2) is 23.7 Å². The van der Waals surface area contributed by atoms with Gasteiger partial charge in [0.15, 0.2) is 12.4 Å². The molecule has 36 heavy (non-hydrogen) atoms. The first-order valence-electron chi connectivity index (χ1n) is 12.9. The highest BCUT2D eigenvalue weighted by Crippen LogP contribution is 2.34. The Labute approximate surface area is 216 Å². The predicted octanol–water partition coefficient (Wildman–Crippen LogP) is 5.81. The van der Waals surface area contributed by atoms with Gasteiger partial charge in [0.25, 0.3) is 11.1 Å². The van der Waals surface area contributed by atoms with Gasteiger partial charge in [0, 0.05) is 48.8 Å². The Morgan fingerprint density at radius 2 is 1.97 bits per heavy atom. The number of ether oxygens (including phenoxy) is 1. The first-order valence-corrected chi connectivity index (χ1v) is 13.7. The van der Waals surface area contributed by atoms with E-state index in [4.69, 9.17) is 4.74 Å². The minimum absolute atomic E-state index is 0.178. The molecule has 0 amide bonds. The number of aryl methyl sites for hydroxylation is 2. The Morgan fingerprint density at radius 1 is 1.22 bits per heavy atom. The van der Waals surface area contributed by atoms with Gasteiger partial charge in [-0.2, -0.15) is 0 Å². The van der Waals surface area contributed by atoms with Gasteiger partial charge in [-0.05, 0) is 70.1 Å². The number of ketones is 1. The van der Waals surface area contributed by atoms with E-state index in [9.17, 15) is 13.6 Å². The van der Waals surface area contributed by atoms with Crippen molar-refractivity contribution in [2.45, 2.75) is 78.2 Å². The lowest BCUT2D eigenvalue weighted by atomic mass is 9.78. The summed E-state index contributed by atoms with van der Waals surface area (Å²) in [6.45, 7) is 6.78. The number of carbonyl (C=O) groups excluding carboxylic acids is 1. The Morgan fingerprint density at radius 3 is 2.69 bits per heavy atom. The first-order chi connectivity index (χ1) is 17.1. The quantitative estimate of drug-likeness (QED) is 0.370. The van der Waals surface area contributed by atoms with E-state index in [2.05, 4.69) is 19.9 Å². The molecule has 196 valence electrons. The average molecular weight is 519 g/mol. The van der Waals surface area contributed by atoms with Crippen LogP contribution in [0.3, 0.4) is 0 Å². The molecule has 3 heterocycles. The van der Waals surface area contributed by atoms with Crippen LogP contribution < -0.4 is 4.74 Å². The molecule has 1 aliphatic carbocycles. The fourth-order valence-electron chi connectivity index (χ4n) is 5.05. The molecule has 0 saturated heterocycles. The Balaban J connectivity index is 1.16. The third-order valence-corrected chi connectivity index (χ3v) is 8.20. The summed E-state index contributed by atoms with van der Waals surface area (Å²) in [5.74, 6) is -0.771. The molecule has 6 nitrogen and oxygen atoms in total. The number of hydrogen-bond donors (Lipinski definition) is 0. The molecule has 2 aromatic rings. The number of fused-ring (bicyclic) bond motifs is 1. The number of aromatic nitrogens is 3. The minimum atomic E-state index is -2.85. The number of halogens is 2. The van der Waals surface area contributed by atoms with Gasteiger partial charge in [0.1, 0.15) is 5.82 Å². The van der Waals surface area contributed by atoms with Crippen LogP contribution in [0.25, 0.3) is 6.08 Å². The van der Waals surface area contributed by atoms with Crippen LogP contribution in [0.15, 0.2) is 12.3 Å². The summed E-state index contributed by atoms with van der Waals surface area (Å²) < 4.78 is 31.3. The van der Waals surface area contributed by atoms with Gasteiger partial charge in [0.05, 0.1) is 5.69 Å². The lowest BCUT2D eigenvalue weighted by molar-refractivity contribution is -0.115. The molecule has 1 saturated carbocycles. The molecular formula is C27H36F2N4O2S. The van der Waals surface area contributed by atoms with Crippen molar-refractivity contribution in [3.8, 4) is 5.19 Å². The maximum absolute atomic E-state index is 13.1. The number of nitrogens with zero attached hydrogens (tertiary/aromatic N) is 4. The Bertz CT molecular complexity index is 1070. The molecule has 0 unspecified atom stereocenters. The predicted molar refractivity (Wildman–Crippen MR) is 137 cm³/mol. The molecule has 9 heteroatoms. The van der Waals surface area contributed by atoms with Gasteiger partial charge >= 0.3 is 0 Å². The molecule has 0 radical (unpaired) electrons. The fraction of sp³-hybridized carbons (Fsp3) is 0.630. The van der Waals surface area contributed by atoms with Crippen molar-refractivity contribution in [1.82, 2.24) is 19.9 Å². The number of hydrogen-bond acceptors (Lipinski definition) is 7. The summed E-state index contributed by atoms with van der Waals surface area (Å²) in [6.07, 6.45) is 12.5. The third kappa shape index (κ3) is 7.87. The zero-order valence-electron chi connectivity index (χ0n) is 21.4. The van der Waals surface area contributed by atoms with E-state index >= 15 is 0 Å². The highest BCUT2D eigenvalue weighted by atomic mass is 32.1. The summed E-state index contributed by atoms with van der Waals surface area (Å²) in [7, 11) is 0. The van der Waals surface area contributed by atoms with Crippen molar-refractivity contribution in [2.75, 3.05) is 19.7 Å². The van der Waals surface area contributed by atoms with Crippen molar-refractivity contribution in [3.05, 3.63) is 39.9 Å². The number of allylic oxidation sites excluding steroid dienone is 1. The smallest absolute Gasteiger partial charge is 0.278 e.